The van der Waals surface area contributed by atoms with E-state index in [1.165, 1.54) is 5.56 Å². The smallest absolute Gasteiger partial charge is 0.0802 e. The monoisotopic (exact) mass is 251 g/mol. The van der Waals surface area contributed by atoms with Crippen molar-refractivity contribution < 1.29 is 10.2 Å². The van der Waals surface area contributed by atoms with Gasteiger partial charge in [0.15, 0.2) is 0 Å². The van der Waals surface area contributed by atoms with Gasteiger partial charge < -0.3 is 15.1 Å². The quantitative estimate of drug-likeness (QED) is 0.814. The number of hydrogen-bond acceptors (Lipinski definition) is 3. The van der Waals surface area contributed by atoms with E-state index in [9.17, 15) is 10.2 Å². The van der Waals surface area contributed by atoms with Crippen LogP contribution in [0.3, 0.4) is 0 Å². The highest BCUT2D eigenvalue weighted by atomic mass is 16.3. The van der Waals surface area contributed by atoms with Crippen molar-refractivity contribution in [2.24, 2.45) is 0 Å². The minimum absolute atomic E-state index is 0.435. The van der Waals surface area contributed by atoms with Crippen molar-refractivity contribution in [2.75, 3.05) is 20.1 Å². The van der Waals surface area contributed by atoms with Crippen LogP contribution in [0.25, 0.3) is 0 Å². The van der Waals surface area contributed by atoms with Gasteiger partial charge in [-0.2, -0.15) is 0 Å². The van der Waals surface area contributed by atoms with E-state index in [-0.39, 0.29) is 0 Å². The van der Waals surface area contributed by atoms with Crippen LogP contribution in [-0.4, -0.2) is 40.9 Å². The molecule has 0 aromatic heterocycles. The van der Waals surface area contributed by atoms with E-state index in [0.29, 0.717) is 13.0 Å². The topological polar surface area (TPSA) is 43.7 Å². The Kier molecular flexibility index (Phi) is 5.32. The van der Waals surface area contributed by atoms with E-state index in [2.05, 4.69) is 0 Å². The Bertz CT molecular complexity index is 354. The molecule has 0 aliphatic heterocycles. The van der Waals surface area contributed by atoms with Gasteiger partial charge in [0.1, 0.15) is 0 Å². The van der Waals surface area contributed by atoms with Crippen LogP contribution >= 0.6 is 0 Å². The molecule has 0 spiro atoms. The Morgan fingerprint density at radius 2 is 1.78 bits per heavy atom. The predicted molar refractivity (Wildman–Crippen MR) is 74.6 cm³/mol. The standard InChI is InChI=1S/C15H25NO2/c1-12-5-7-13(8-6-12)14(17)9-10-16(4)11-15(2,3)18/h5-8,14,17-18H,9-11H2,1-4H3. The van der Waals surface area contributed by atoms with E-state index in [1.807, 2.05) is 43.1 Å². The molecule has 0 bridgehead atoms. The lowest BCUT2D eigenvalue weighted by molar-refractivity contribution is 0.0393. The van der Waals surface area contributed by atoms with Gasteiger partial charge in [0.05, 0.1) is 11.7 Å². The second-order valence-corrected chi connectivity index (χ2v) is 5.77. The van der Waals surface area contributed by atoms with E-state index in [1.54, 1.807) is 13.8 Å². The minimum atomic E-state index is -0.691. The highest BCUT2D eigenvalue weighted by Crippen LogP contribution is 2.17. The van der Waals surface area contributed by atoms with Crippen molar-refractivity contribution in [3.63, 3.8) is 0 Å². The molecule has 0 fully saturated rings. The summed E-state index contributed by atoms with van der Waals surface area (Å²) in [6.07, 6.45) is 0.241. The fourth-order valence-electron chi connectivity index (χ4n) is 2.04. The highest BCUT2D eigenvalue weighted by Gasteiger charge is 2.16. The molecular formula is C15H25NO2. The summed E-state index contributed by atoms with van der Waals surface area (Å²) >= 11 is 0. The molecule has 1 rings (SSSR count). The lowest BCUT2D eigenvalue weighted by Gasteiger charge is -2.26. The molecule has 1 aromatic rings. The molecule has 0 radical (unpaired) electrons. The molecule has 1 aromatic carbocycles. The fourth-order valence-corrected chi connectivity index (χ4v) is 2.04. The maximum absolute atomic E-state index is 10.1. The summed E-state index contributed by atoms with van der Waals surface area (Å²) in [6.45, 7) is 6.99. The molecule has 18 heavy (non-hydrogen) atoms. The van der Waals surface area contributed by atoms with Crippen LogP contribution in [0.15, 0.2) is 24.3 Å². The zero-order chi connectivity index (χ0) is 13.8. The Labute approximate surface area is 110 Å². The SMILES string of the molecule is Cc1ccc(C(O)CCN(C)CC(C)(C)O)cc1. The average molecular weight is 251 g/mol. The van der Waals surface area contributed by atoms with Crippen molar-refractivity contribution in [2.45, 2.75) is 38.9 Å². The van der Waals surface area contributed by atoms with Crippen LogP contribution in [-0.2, 0) is 0 Å². The lowest BCUT2D eigenvalue weighted by Crippen LogP contribution is -2.37. The van der Waals surface area contributed by atoms with Crippen LogP contribution in [0.1, 0.15) is 37.5 Å². The van der Waals surface area contributed by atoms with Crippen molar-refractivity contribution >= 4 is 0 Å². The molecule has 3 heteroatoms. The first-order valence-electron chi connectivity index (χ1n) is 6.43. The van der Waals surface area contributed by atoms with Crippen molar-refractivity contribution in [3.05, 3.63) is 35.4 Å². The van der Waals surface area contributed by atoms with Gasteiger partial charge in [0.2, 0.25) is 0 Å². The van der Waals surface area contributed by atoms with Crippen LogP contribution in [0.4, 0.5) is 0 Å². The number of benzene rings is 1. The zero-order valence-corrected chi connectivity index (χ0v) is 11.8. The third kappa shape index (κ3) is 5.63. The molecule has 1 unspecified atom stereocenters. The zero-order valence-electron chi connectivity index (χ0n) is 11.8. The van der Waals surface area contributed by atoms with Crippen molar-refractivity contribution in [1.82, 2.24) is 4.90 Å². The number of aliphatic hydroxyl groups is 2. The van der Waals surface area contributed by atoms with Gasteiger partial charge in [0, 0.05) is 13.1 Å². The third-order valence-electron chi connectivity index (χ3n) is 2.90. The second-order valence-electron chi connectivity index (χ2n) is 5.77. The van der Waals surface area contributed by atoms with E-state index in [4.69, 9.17) is 0 Å². The molecule has 0 aliphatic carbocycles. The van der Waals surface area contributed by atoms with Gasteiger partial charge in [-0.25, -0.2) is 0 Å². The van der Waals surface area contributed by atoms with Gasteiger partial charge >= 0.3 is 0 Å². The largest absolute Gasteiger partial charge is 0.389 e. The van der Waals surface area contributed by atoms with Gasteiger partial charge in [-0.05, 0) is 39.8 Å². The highest BCUT2D eigenvalue weighted by molar-refractivity contribution is 5.22. The number of hydrogen-bond donors (Lipinski definition) is 2. The average Bonchev–Trinajstić information content (AvgIpc) is 2.24. The summed E-state index contributed by atoms with van der Waals surface area (Å²) in [5, 5.41) is 19.8. The molecule has 0 saturated carbocycles. The van der Waals surface area contributed by atoms with E-state index < -0.39 is 11.7 Å². The van der Waals surface area contributed by atoms with E-state index >= 15 is 0 Å². The maximum Gasteiger partial charge on any atom is 0.0802 e. The third-order valence-corrected chi connectivity index (χ3v) is 2.90. The summed E-state index contributed by atoms with van der Waals surface area (Å²) in [6, 6.07) is 7.96. The second kappa shape index (κ2) is 6.32. The number of likely N-dealkylation sites (N-methyl/N-ethyl adjacent to an activating group) is 1. The molecule has 0 saturated heterocycles. The summed E-state index contributed by atoms with van der Waals surface area (Å²) in [5.74, 6) is 0. The van der Waals surface area contributed by atoms with Gasteiger partial charge in [-0.1, -0.05) is 29.8 Å². The van der Waals surface area contributed by atoms with Crippen LogP contribution in [0.5, 0.6) is 0 Å². The molecular weight excluding hydrogens is 226 g/mol. The fraction of sp³-hybridized carbons (Fsp3) is 0.600. The first-order valence-corrected chi connectivity index (χ1v) is 6.43. The van der Waals surface area contributed by atoms with Crippen LogP contribution in [0.2, 0.25) is 0 Å². The van der Waals surface area contributed by atoms with Crippen LogP contribution in [0, 0.1) is 6.92 Å². The van der Waals surface area contributed by atoms with Crippen molar-refractivity contribution in [3.8, 4) is 0 Å². The van der Waals surface area contributed by atoms with Gasteiger partial charge in [0.25, 0.3) is 0 Å². The molecule has 0 aliphatic rings. The van der Waals surface area contributed by atoms with Crippen LogP contribution < -0.4 is 0 Å². The Balaban J connectivity index is 2.41. The number of aliphatic hydroxyl groups excluding tert-OH is 1. The molecule has 2 N–H and O–H groups in total. The summed E-state index contributed by atoms with van der Waals surface area (Å²) in [4.78, 5) is 2.04. The molecule has 0 amide bonds. The van der Waals surface area contributed by atoms with E-state index in [0.717, 1.165) is 12.1 Å². The normalized spacial score (nSPS) is 13.9. The lowest BCUT2D eigenvalue weighted by atomic mass is 10.0. The summed E-state index contributed by atoms with van der Waals surface area (Å²) < 4.78 is 0. The number of nitrogens with zero attached hydrogens (tertiary/aromatic N) is 1. The van der Waals surface area contributed by atoms with Gasteiger partial charge in [-0.15, -0.1) is 0 Å². The molecule has 102 valence electrons. The predicted octanol–water partition coefficient (Wildman–Crippen LogP) is 2.12. The first-order chi connectivity index (χ1) is 8.28. The molecule has 3 nitrogen and oxygen atoms in total. The molecule has 1 atom stereocenters. The Hall–Kier alpha value is -0.900. The number of aryl methyl sites for hydroxylation is 1. The number of rotatable bonds is 6. The van der Waals surface area contributed by atoms with Gasteiger partial charge in [-0.3, -0.25) is 0 Å². The minimum Gasteiger partial charge on any atom is -0.389 e. The summed E-state index contributed by atoms with van der Waals surface area (Å²) in [7, 11) is 1.96. The molecule has 0 heterocycles. The maximum atomic E-state index is 10.1. The Morgan fingerprint density at radius 1 is 1.22 bits per heavy atom. The first kappa shape index (κ1) is 15.2. The Morgan fingerprint density at radius 3 is 2.28 bits per heavy atom. The summed E-state index contributed by atoms with van der Waals surface area (Å²) in [5.41, 5.74) is 1.46. The van der Waals surface area contributed by atoms with Crippen molar-refractivity contribution in [1.29, 1.82) is 0 Å².